The van der Waals surface area contributed by atoms with E-state index in [-0.39, 0.29) is 18.2 Å². The van der Waals surface area contributed by atoms with Crippen molar-refractivity contribution in [1.29, 1.82) is 0 Å². The maximum Gasteiger partial charge on any atom is 0.287 e. The Morgan fingerprint density at radius 3 is 2.59 bits per heavy atom. The molecule has 0 atom stereocenters. The van der Waals surface area contributed by atoms with Gasteiger partial charge in [0.15, 0.2) is 10.4 Å². The summed E-state index contributed by atoms with van der Waals surface area (Å²) in [6, 6.07) is 3.15. The van der Waals surface area contributed by atoms with Crippen molar-refractivity contribution in [2.75, 3.05) is 13.1 Å². The Bertz CT molecular complexity index is 401. The van der Waals surface area contributed by atoms with Gasteiger partial charge in [-0.15, -0.1) is 0 Å². The molecule has 0 aliphatic rings. The first kappa shape index (κ1) is 13.8. The molecule has 2 N–H and O–H groups in total. The summed E-state index contributed by atoms with van der Waals surface area (Å²) in [5.41, 5.74) is 0. The molecular formula is C11H15BrN2O3. The van der Waals surface area contributed by atoms with Gasteiger partial charge in [-0.25, -0.2) is 0 Å². The lowest BCUT2D eigenvalue weighted by Gasteiger charge is -2.07. The zero-order valence-corrected chi connectivity index (χ0v) is 11.3. The third kappa shape index (κ3) is 5.04. The molecule has 0 fully saturated rings. The molecule has 1 aromatic heterocycles. The smallest absolute Gasteiger partial charge is 0.287 e. The predicted molar refractivity (Wildman–Crippen MR) is 66.6 cm³/mol. The van der Waals surface area contributed by atoms with Crippen LogP contribution in [0.4, 0.5) is 0 Å². The van der Waals surface area contributed by atoms with Crippen molar-refractivity contribution in [2.45, 2.75) is 13.8 Å². The summed E-state index contributed by atoms with van der Waals surface area (Å²) in [7, 11) is 0. The van der Waals surface area contributed by atoms with E-state index >= 15 is 0 Å². The number of nitrogens with one attached hydrogen (secondary N) is 2. The van der Waals surface area contributed by atoms with Gasteiger partial charge >= 0.3 is 0 Å². The zero-order valence-electron chi connectivity index (χ0n) is 9.75. The van der Waals surface area contributed by atoms with E-state index in [1.54, 1.807) is 6.07 Å². The molecule has 1 aromatic rings. The highest BCUT2D eigenvalue weighted by atomic mass is 79.9. The minimum absolute atomic E-state index is 0.0517. The van der Waals surface area contributed by atoms with Crippen molar-refractivity contribution < 1.29 is 14.0 Å². The summed E-state index contributed by atoms with van der Waals surface area (Å²) in [6.45, 7) is 4.54. The molecule has 0 saturated carbocycles. The second kappa shape index (κ2) is 6.44. The van der Waals surface area contributed by atoms with Crippen LogP contribution >= 0.6 is 15.9 Å². The number of furan rings is 1. The van der Waals surface area contributed by atoms with Gasteiger partial charge in [-0.1, -0.05) is 13.8 Å². The minimum Gasteiger partial charge on any atom is -0.444 e. The lowest BCUT2D eigenvalue weighted by atomic mass is 10.2. The highest BCUT2D eigenvalue weighted by molar-refractivity contribution is 9.10. The fourth-order valence-electron chi connectivity index (χ4n) is 1.06. The van der Waals surface area contributed by atoms with E-state index < -0.39 is 5.91 Å². The van der Waals surface area contributed by atoms with Gasteiger partial charge in [-0.05, 0) is 34.0 Å². The van der Waals surface area contributed by atoms with Crippen molar-refractivity contribution in [3.05, 3.63) is 22.6 Å². The Morgan fingerprint density at radius 1 is 1.35 bits per heavy atom. The summed E-state index contributed by atoms with van der Waals surface area (Å²) < 4.78 is 5.53. The molecule has 0 radical (unpaired) electrons. The first-order valence-electron chi connectivity index (χ1n) is 5.29. The molecule has 0 aliphatic heterocycles. The quantitative estimate of drug-likeness (QED) is 0.867. The maximum atomic E-state index is 11.5. The molecule has 0 saturated heterocycles. The topological polar surface area (TPSA) is 71.3 Å². The Hall–Kier alpha value is -1.30. The molecule has 17 heavy (non-hydrogen) atoms. The minimum atomic E-state index is -0.407. The fraction of sp³-hybridized carbons (Fsp3) is 0.455. The maximum absolute atomic E-state index is 11.5. The fourth-order valence-corrected chi connectivity index (χ4v) is 1.37. The first-order chi connectivity index (χ1) is 7.99. The van der Waals surface area contributed by atoms with Crippen LogP contribution in [0.15, 0.2) is 21.2 Å². The monoisotopic (exact) mass is 302 g/mol. The molecule has 2 amide bonds. The van der Waals surface area contributed by atoms with Crippen LogP contribution in [-0.2, 0) is 4.79 Å². The van der Waals surface area contributed by atoms with Crippen LogP contribution in [0, 0.1) is 5.92 Å². The largest absolute Gasteiger partial charge is 0.444 e. The molecule has 0 bridgehead atoms. The van der Waals surface area contributed by atoms with Gasteiger partial charge in [-0.3, -0.25) is 9.59 Å². The van der Waals surface area contributed by atoms with Crippen molar-refractivity contribution in [3.63, 3.8) is 0 Å². The number of carbonyl (C=O) groups is 2. The van der Waals surface area contributed by atoms with Gasteiger partial charge in [-0.2, -0.15) is 0 Å². The second-order valence-corrected chi connectivity index (χ2v) is 4.77. The third-order valence-corrected chi connectivity index (χ3v) is 2.34. The number of amides is 2. The van der Waals surface area contributed by atoms with Gasteiger partial charge in [0.25, 0.3) is 5.91 Å². The summed E-state index contributed by atoms with van der Waals surface area (Å²) in [6.07, 6.45) is 0. The molecule has 0 unspecified atom stereocenters. The molecule has 6 heteroatoms. The van der Waals surface area contributed by atoms with Crippen LogP contribution in [0.25, 0.3) is 0 Å². The number of rotatable bonds is 5. The Balaban J connectivity index is 2.31. The molecule has 0 aromatic carbocycles. The van der Waals surface area contributed by atoms with Gasteiger partial charge in [0.2, 0.25) is 5.91 Å². The van der Waals surface area contributed by atoms with Crippen LogP contribution in [0.5, 0.6) is 0 Å². The lowest BCUT2D eigenvalue weighted by molar-refractivity contribution is -0.120. The van der Waals surface area contributed by atoms with Gasteiger partial charge in [0.05, 0.1) is 6.54 Å². The van der Waals surface area contributed by atoms with E-state index in [4.69, 9.17) is 4.42 Å². The van der Waals surface area contributed by atoms with Crippen LogP contribution < -0.4 is 10.6 Å². The number of carbonyl (C=O) groups excluding carboxylic acids is 2. The van der Waals surface area contributed by atoms with E-state index in [9.17, 15) is 9.59 Å². The Morgan fingerprint density at radius 2 is 2.06 bits per heavy atom. The first-order valence-corrected chi connectivity index (χ1v) is 6.08. The van der Waals surface area contributed by atoms with Crippen molar-refractivity contribution in [3.8, 4) is 0 Å². The average molecular weight is 303 g/mol. The summed E-state index contributed by atoms with van der Waals surface area (Å²) in [5.74, 6) is -0.0581. The molecule has 5 nitrogen and oxygen atoms in total. The third-order valence-electron chi connectivity index (χ3n) is 1.91. The second-order valence-electron chi connectivity index (χ2n) is 3.98. The lowest BCUT2D eigenvalue weighted by Crippen LogP contribution is -2.38. The highest BCUT2D eigenvalue weighted by Gasteiger charge is 2.11. The number of halogens is 1. The highest BCUT2D eigenvalue weighted by Crippen LogP contribution is 2.13. The van der Waals surface area contributed by atoms with Crippen LogP contribution in [-0.4, -0.2) is 24.9 Å². The van der Waals surface area contributed by atoms with Crippen LogP contribution in [0.3, 0.4) is 0 Å². The van der Waals surface area contributed by atoms with Crippen molar-refractivity contribution in [2.24, 2.45) is 5.92 Å². The van der Waals surface area contributed by atoms with Gasteiger partial charge in [0, 0.05) is 6.54 Å². The van der Waals surface area contributed by atoms with Crippen LogP contribution in [0.2, 0.25) is 0 Å². The molecule has 1 heterocycles. The van der Waals surface area contributed by atoms with Crippen molar-refractivity contribution in [1.82, 2.24) is 10.6 Å². The normalized spacial score (nSPS) is 10.4. The molecule has 0 aliphatic carbocycles. The number of hydrogen-bond donors (Lipinski definition) is 2. The Kier molecular flexibility index (Phi) is 5.21. The van der Waals surface area contributed by atoms with E-state index in [1.165, 1.54) is 6.07 Å². The van der Waals surface area contributed by atoms with Crippen molar-refractivity contribution >= 4 is 27.7 Å². The average Bonchev–Trinajstić information content (AvgIpc) is 2.70. The van der Waals surface area contributed by atoms with E-state index in [1.807, 2.05) is 13.8 Å². The number of hydrogen-bond acceptors (Lipinski definition) is 3. The SMILES string of the molecule is CC(C)CNC(=O)CNC(=O)c1ccc(Br)o1. The van der Waals surface area contributed by atoms with Crippen LogP contribution in [0.1, 0.15) is 24.4 Å². The van der Waals surface area contributed by atoms with E-state index in [2.05, 4.69) is 26.6 Å². The zero-order chi connectivity index (χ0) is 12.8. The van der Waals surface area contributed by atoms with E-state index in [0.29, 0.717) is 17.1 Å². The molecule has 0 spiro atoms. The Labute approximate surface area is 108 Å². The standard InChI is InChI=1S/C11H15BrN2O3/c1-7(2)5-13-10(15)6-14-11(16)8-3-4-9(12)17-8/h3-4,7H,5-6H2,1-2H3,(H,13,15)(H,14,16). The van der Waals surface area contributed by atoms with E-state index in [0.717, 1.165) is 0 Å². The van der Waals surface area contributed by atoms with Gasteiger partial charge in [0.1, 0.15) is 0 Å². The molecule has 94 valence electrons. The summed E-state index contributed by atoms with van der Waals surface area (Å²) in [4.78, 5) is 22.8. The molecular weight excluding hydrogens is 288 g/mol. The predicted octanol–water partition coefficient (Wildman–Crippen LogP) is 1.54. The summed E-state index contributed by atoms with van der Waals surface area (Å²) in [5, 5.41) is 5.17. The summed E-state index contributed by atoms with van der Waals surface area (Å²) >= 11 is 3.10. The molecule has 1 rings (SSSR count). The van der Waals surface area contributed by atoms with Gasteiger partial charge < -0.3 is 15.1 Å².